The van der Waals surface area contributed by atoms with Crippen LogP contribution >= 0.6 is 0 Å². The maximum Gasteiger partial charge on any atom is 0.136 e. The smallest absolute Gasteiger partial charge is 0.136 e. The van der Waals surface area contributed by atoms with E-state index < -0.39 is 5.60 Å². The Morgan fingerprint density at radius 3 is 2.67 bits per heavy atom. The van der Waals surface area contributed by atoms with Crippen molar-refractivity contribution in [1.82, 2.24) is 0 Å². The van der Waals surface area contributed by atoms with E-state index in [2.05, 4.69) is 13.0 Å². The Kier molecular flexibility index (Phi) is 3.99. The van der Waals surface area contributed by atoms with Crippen molar-refractivity contribution in [3.63, 3.8) is 0 Å². The Labute approximate surface area is 147 Å². The summed E-state index contributed by atoms with van der Waals surface area (Å²) in [5.41, 5.74) is 1.25. The van der Waals surface area contributed by atoms with Gasteiger partial charge in [-0.05, 0) is 87.4 Å². The van der Waals surface area contributed by atoms with Crippen LogP contribution in [0, 0.1) is 35.0 Å². The van der Waals surface area contributed by atoms with Crippen molar-refractivity contribution in [2.24, 2.45) is 35.0 Å². The van der Waals surface area contributed by atoms with Crippen LogP contribution in [0.4, 0.5) is 0 Å². The molecule has 134 valence electrons. The molecular weight excluding hydrogens is 296 g/mol. The molecule has 0 unspecified atom stereocenters. The molecule has 0 aromatic carbocycles. The third kappa shape index (κ3) is 2.43. The summed E-state index contributed by atoms with van der Waals surface area (Å²) in [5, 5.41) is 10.4. The van der Waals surface area contributed by atoms with E-state index in [1.165, 1.54) is 38.5 Å². The van der Waals surface area contributed by atoms with Gasteiger partial charge < -0.3 is 5.11 Å². The first-order valence-electron chi connectivity index (χ1n) is 10.3. The second-order valence-corrected chi connectivity index (χ2v) is 9.69. The van der Waals surface area contributed by atoms with Gasteiger partial charge in [0.2, 0.25) is 0 Å². The van der Waals surface area contributed by atoms with Gasteiger partial charge in [0.05, 0.1) is 5.60 Å². The SMILES string of the molecule is CCC(=O)[C@H]1CC[C@H]2[C@@H]3CCC4=C[C@](C)(O)CC[C@@H]4[C@H]3CC[C@]12C. The van der Waals surface area contributed by atoms with Gasteiger partial charge in [0.25, 0.3) is 0 Å². The zero-order valence-corrected chi connectivity index (χ0v) is 15.7. The Bertz CT molecular complexity index is 560. The van der Waals surface area contributed by atoms with Gasteiger partial charge in [-0.1, -0.05) is 25.5 Å². The Morgan fingerprint density at radius 1 is 1.12 bits per heavy atom. The van der Waals surface area contributed by atoms with Crippen LogP contribution in [-0.4, -0.2) is 16.5 Å². The maximum atomic E-state index is 12.5. The molecule has 0 aliphatic heterocycles. The van der Waals surface area contributed by atoms with Crippen molar-refractivity contribution < 1.29 is 9.90 Å². The van der Waals surface area contributed by atoms with E-state index in [0.29, 0.717) is 18.1 Å². The van der Waals surface area contributed by atoms with Crippen LogP contribution in [0.15, 0.2) is 11.6 Å². The van der Waals surface area contributed by atoms with Gasteiger partial charge in [-0.3, -0.25) is 4.79 Å². The first kappa shape index (κ1) is 16.8. The van der Waals surface area contributed by atoms with E-state index in [4.69, 9.17) is 0 Å². The van der Waals surface area contributed by atoms with Gasteiger partial charge >= 0.3 is 0 Å². The number of hydrogen-bond acceptors (Lipinski definition) is 2. The number of Topliss-reactive ketones (excluding diaryl/α,β-unsaturated/α-hetero) is 1. The molecule has 0 aromatic rings. The van der Waals surface area contributed by atoms with E-state index in [1.807, 2.05) is 13.8 Å². The van der Waals surface area contributed by atoms with Crippen LogP contribution in [0.25, 0.3) is 0 Å². The average Bonchev–Trinajstić information content (AvgIpc) is 2.90. The summed E-state index contributed by atoms with van der Waals surface area (Å²) in [6.45, 7) is 6.45. The molecule has 4 rings (SSSR count). The summed E-state index contributed by atoms with van der Waals surface area (Å²) in [7, 11) is 0. The first-order valence-corrected chi connectivity index (χ1v) is 10.3. The van der Waals surface area contributed by atoms with Crippen molar-refractivity contribution in [1.29, 1.82) is 0 Å². The normalized spacial score (nSPS) is 50.5. The fraction of sp³-hybridized carbons (Fsp3) is 0.864. The van der Waals surface area contributed by atoms with Crippen molar-refractivity contribution in [3.8, 4) is 0 Å². The number of ketones is 1. The number of carbonyl (C=O) groups is 1. The molecule has 4 aliphatic rings. The van der Waals surface area contributed by atoms with Crippen LogP contribution < -0.4 is 0 Å². The van der Waals surface area contributed by atoms with Crippen LogP contribution in [0.2, 0.25) is 0 Å². The molecule has 7 atom stereocenters. The number of carbonyl (C=O) groups excluding carboxylic acids is 1. The molecule has 0 amide bonds. The second kappa shape index (κ2) is 5.69. The van der Waals surface area contributed by atoms with Gasteiger partial charge in [-0.25, -0.2) is 0 Å². The summed E-state index contributed by atoms with van der Waals surface area (Å²) in [6, 6.07) is 0. The first-order chi connectivity index (χ1) is 11.4. The lowest BCUT2D eigenvalue weighted by Gasteiger charge is -2.54. The van der Waals surface area contributed by atoms with Crippen LogP contribution in [0.5, 0.6) is 0 Å². The highest BCUT2D eigenvalue weighted by Crippen LogP contribution is 2.64. The highest BCUT2D eigenvalue weighted by Gasteiger charge is 2.57. The predicted molar refractivity (Wildman–Crippen MR) is 96.5 cm³/mol. The highest BCUT2D eigenvalue weighted by atomic mass is 16.3. The third-order valence-electron chi connectivity index (χ3n) is 8.45. The van der Waals surface area contributed by atoms with E-state index in [0.717, 1.165) is 36.5 Å². The van der Waals surface area contributed by atoms with Crippen LogP contribution in [0.1, 0.15) is 78.6 Å². The van der Waals surface area contributed by atoms with Crippen molar-refractivity contribution >= 4 is 5.78 Å². The van der Waals surface area contributed by atoms with Crippen LogP contribution in [-0.2, 0) is 4.79 Å². The molecule has 3 fully saturated rings. The maximum absolute atomic E-state index is 12.5. The lowest BCUT2D eigenvalue weighted by atomic mass is 9.50. The molecule has 2 nitrogen and oxygen atoms in total. The van der Waals surface area contributed by atoms with E-state index >= 15 is 0 Å². The minimum absolute atomic E-state index is 0.273. The number of rotatable bonds is 2. The zero-order chi connectivity index (χ0) is 17.1. The molecular formula is C22H34O2. The summed E-state index contributed by atoms with van der Waals surface area (Å²) >= 11 is 0. The van der Waals surface area contributed by atoms with Gasteiger partial charge in [-0.15, -0.1) is 0 Å². The van der Waals surface area contributed by atoms with Crippen molar-refractivity contribution in [2.75, 3.05) is 0 Å². The molecule has 24 heavy (non-hydrogen) atoms. The molecule has 4 aliphatic carbocycles. The quantitative estimate of drug-likeness (QED) is 0.731. The monoisotopic (exact) mass is 330 g/mol. The molecule has 3 saturated carbocycles. The Balaban J connectivity index is 1.59. The molecule has 0 radical (unpaired) electrons. The van der Waals surface area contributed by atoms with E-state index in [-0.39, 0.29) is 5.41 Å². The summed E-state index contributed by atoms with van der Waals surface area (Å²) in [6.07, 6.45) is 12.4. The van der Waals surface area contributed by atoms with Gasteiger partial charge in [-0.2, -0.15) is 0 Å². The molecule has 0 bridgehead atoms. The molecule has 2 heteroatoms. The number of fused-ring (bicyclic) bond motifs is 5. The third-order valence-corrected chi connectivity index (χ3v) is 8.45. The largest absolute Gasteiger partial charge is 0.386 e. The second-order valence-electron chi connectivity index (χ2n) is 9.69. The molecule has 0 heterocycles. The van der Waals surface area contributed by atoms with Gasteiger partial charge in [0.1, 0.15) is 5.78 Å². The summed E-state index contributed by atoms with van der Waals surface area (Å²) in [4.78, 5) is 12.5. The zero-order valence-electron chi connectivity index (χ0n) is 15.7. The molecule has 0 spiro atoms. The van der Waals surface area contributed by atoms with E-state index in [1.54, 1.807) is 5.57 Å². The van der Waals surface area contributed by atoms with Crippen molar-refractivity contribution in [3.05, 3.63) is 11.6 Å². The number of allylic oxidation sites excluding steroid dienone is 1. The van der Waals surface area contributed by atoms with Gasteiger partial charge in [0, 0.05) is 12.3 Å². The predicted octanol–water partition coefficient (Wildman–Crippen LogP) is 4.91. The average molecular weight is 331 g/mol. The topological polar surface area (TPSA) is 37.3 Å². The van der Waals surface area contributed by atoms with E-state index in [9.17, 15) is 9.90 Å². The lowest BCUT2D eigenvalue weighted by molar-refractivity contribution is -0.128. The summed E-state index contributed by atoms with van der Waals surface area (Å²) < 4.78 is 0. The summed E-state index contributed by atoms with van der Waals surface area (Å²) in [5.74, 6) is 3.97. The highest BCUT2D eigenvalue weighted by molar-refractivity contribution is 5.82. The molecule has 0 saturated heterocycles. The molecule has 1 N–H and O–H groups in total. The standard InChI is InChI=1S/C22H34O2/c1-4-20(23)19-8-7-18-17-6-5-14-13-21(2,24)11-9-15(14)16(17)10-12-22(18,19)3/h13,15-19,24H,4-12H2,1-3H3/t15-,16+,17+,18-,19+,21+,22-/m0/s1. The minimum atomic E-state index is -0.576. The lowest BCUT2D eigenvalue weighted by Crippen LogP contribution is -2.48. The number of hydrogen-bond donors (Lipinski definition) is 1. The number of aliphatic hydroxyl groups is 1. The fourth-order valence-corrected chi connectivity index (χ4v) is 7.30. The van der Waals surface area contributed by atoms with Crippen LogP contribution in [0.3, 0.4) is 0 Å². The minimum Gasteiger partial charge on any atom is -0.386 e. The van der Waals surface area contributed by atoms with Gasteiger partial charge in [0.15, 0.2) is 0 Å². The Hall–Kier alpha value is -0.630. The Morgan fingerprint density at radius 2 is 1.92 bits per heavy atom. The van der Waals surface area contributed by atoms with Crippen molar-refractivity contribution in [2.45, 2.75) is 84.2 Å². The fourth-order valence-electron chi connectivity index (χ4n) is 7.30. The molecule has 0 aromatic heterocycles.